The SMILES string of the molecule is CC(=O)Nc1[nH]nc(-c2ccc(C)cc2Cl)c1C#N. The zero-order valence-electron chi connectivity index (χ0n) is 10.4. The first kappa shape index (κ1) is 13.1. The Kier molecular flexibility index (Phi) is 3.54. The van der Waals surface area contributed by atoms with Crippen LogP contribution in [0.1, 0.15) is 18.1 Å². The minimum atomic E-state index is -0.276. The smallest absolute Gasteiger partial charge is 0.222 e. The number of H-pyrrole nitrogens is 1. The third-order valence-electron chi connectivity index (χ3n) is 2.56. The summed E-state index contributed by atoms with van der Waals surface area (Å²) < 4.78 is 0. The Morgan fingerprint density at radius 1 is 1.53 bits per heavy atom. The van der Waals surface area contributed by atoms with Gasteiger partial charge in [0.25, 0.3) is 0 Å². The van der Waals surface area contributed by atoms with E-state index in [1.165, 1.54) is 6.92 Å². The summed E-state index contributed by atoms with van der Waals surface area (Å²) in [6.45, 7) is 3.29. The Hall–Kier alpha value is -2.32. The van der Waals surface area contributed by atoms with Gasteiger partial charge in [0.1, 0.15) is 23.1 Å². The van der Waals surface area contributed by atoms with Gasteiger partial charge >= 0.3 is 0 Å². The van der Waals surface area contributed by atoms with E-state index in [1.54, 1.807) is 12.1 Å². The van der Waals surface area contributed by atoms with Gasteiger partial charge in [-0.15, -0.1) is 0 Å². The van der Waals surface area contributed by atoms with Crippen LogP contribution in [0.15, 0.2) is 18.2 Å². The summed E-state index contributed by atoms with van der Waals surface area (Å²) in [6.07, 6.45) is 0. The number of rotatable bonds is 2. The van der Waals surface area contributed by atoms with Crippen LogP contribution in [0.2, 0.25) is 5.02 Å². The molecule has 0 unspecified atom stereocenters. The maximum atomic E-state index is 11.0. The average Bonchev–Trinajstić information content (AvgIpc) is 2.71. The highest BCUT2D eigenvalue weighted by atomic mass is 35.5. The van der Waals surface area contributed by atoms with Crippen LogP contribution in [0.25, 0.3) is 11.3 Å². The zero-order valence-corrected chi connectivity index (χ0v) is 11.2. The molecule has 0 radical (unpaired) electrons. The van der Waals surface area contributed by atoms with Crippen molar-refractivity contribution >= 4 is 23.3 Å². The molecule has 2 aromatic rings. The van der Waals surface area contributed by atoms with Crippen molar-refractivity contribution in [3.05, 3.63) is 34.3 Å². The van der Waals surface area contributed by atoms with Crippen LogP contribution >= 0.6 is 11.6 Å². The predicted molar refractivity (Wildman–Crippen MR) is 72.8 cm³/mol. The van der Waals surface area contributed by atoms with Gasteiger partial charge in [-0.1, -0.05) is 23.7 Å². The molecule has 2 rings (SSSR count). The second kappa shape index (κ2) is 5.12. The Morgan fingerprint density at radius 2 is 2.26 bits per heavy atom. The van der Waals surface area contributed by atoms with Crippen LogP contribution in [0.3, 0.4) is 0 Å². The minimum absolute atomic E-state index is 0.265. The van der Waals surface area contributed by atoms with Crippen molar-refractivity contribution in [2.45, 2.75) is 13.8 Å². The minimum Gasteiger partial charge on any atom is -0.310 e. The van der Waals surface area contributed by atoms with Crippen LogP contribution < -0.4 is 5.32 Å². The van der Waals surface area contributed by atoms with Gasteiger partial charge in [0, 0.05) is 12.5 Å². The number of benzene rings is 1. The van der Waals surface area contributed by atoms with E-state index < -0.39 is 0 Å². The monoisotopic (exact) mass is 274 g/mol. The molecule has 0 spiro atoms. The van der Waals surface area contributed by atoms with E-state index in [1.807, 2.05) is 19.1 Å². The molecule has 1 heterocycles. The van der Waals surface area contributed by atoms with E-state index in [4.69, 9.17) is 11.6 Å². The summed E-state index contributed by atoms with van der Waals surface area (Å²) in [5, 5.41) is 18.9. The normalized spacial score (nSPS) is 10.0. The molecule has 1 aromatic carbocycles. The van der Waals surface area contributed by atoms with Gasteiger partial charge in [-0.05, 0) is 18.6 Å². The summed E-state index contributed by atoms with van der Waals surface area (Å²) in [7, 11) is 0. The van der Waals surface area contributed by atoms with Crippen LogP contribution in [-0.2, 0) is 4.79 Å². The molecule has 96 valence electrons. The Labute approximate surface area is 115 Å². The summed E-state index contributed by atoms with van der Waals surface area (Å²) in [5.41, 5.74) is 2.36. The highest BCUT2D eigenvalue weighted by Gasteiger charge is 2.17. The van der Waals surface area contributed by atoms with Gasteiger partial charge in [-0.25, -0.2) is 0 Å². The standard InChI is InChI=1S/C13H11ClN4O/c1-7-3-4-9(11(14)5-7)12-10(6-15)13(18-17-12)16-8(2)19/h3-5H,1-2H3,(H2,16,17,18,19). The number of carbonyl (C=O) groups excluding carboxylic acids is 1. The van der Waals surface area contributed by atoms with E-state index in [9.17, 15) is 10.1 Å². The Balaban J connectivity index is 2.54. The molecule has 0 fully saturated rings. The summed E-state index contributed by atoms with van der Waals surface area (Å²) >= 11 is 6.16. The first-order chi connectivity index (χ1) is 9.02. The number of hydrogen-bond acceptors (Lipinski definition) is 3. The highest BCUT2D eigenvalue weighted by Crippen LogP contribution is 2.32. The van der Waals surface area contributed by atoms with Crippen LogP contribution in [0.4, 0.5) is 5.82 Å². The predicted octanol–water partition coefficient (Wildman–Crippen LogP) is 2.87. The van der Waals surface area contributed by atoms with Crippen molar-refractivity contribution in [2.24, 2.45) is 0 Å². The van der Waals surface area contributed by atoms with E-state index >= 15 is 0 Å². The van der Waals surface area contributed by atoms with Gasteiger partial charge in [0.15, 0.2) is 0 Å². The lowest BCUT2D eigenvalue weighted by atomic mass is 10.1. The molecule has 0 aliphatic rings. The van der Waals surface area contributed by atoms with Gasteiger partial charge in [0.2, 0.25) is 5.91 Å². The maximum Gasteiger partial charge on any atom is 0.222 e. The second-order valence-electron chi connectivity index (χ2n) is 4.10. The molecular formula is C13H11ClN4O. The highest BCUT2D eigenvalue weighted by molar-refractivity contribution is 6.33. The number of halogens is 1. The molecule has 0 aliphatic heterocycles. The molecule has 1 amide bonds. The average molecular weight is 275 g/mol. The number of aromatic nitrogens is 2. The van der Waals surface area contributed by atoms with Gasteiger partial charge < -0.3 is 5.32 Å². The van der Waals surface area contributed by atoms with Crippen LogP contribution in [0.5, 0.6) is 0 Å². The van der Waals surface area contributed by atoms with E-state index in [0.29, 0.717) is 16.3 Å². The molecule has 6 heteroatoms. The third kappa shape index (κ3) is 2.59. The van der Waals surface area contributed by atoms with Crippen LogP contribution in [0, 0.1) is 18.3 Å². The van der Waals surface area contributed by atoms with E-state index in [-0.39, 0.29) is 17.3 Å². The molecule has 0 saturated carbocycles. The summed E-state index contributed by atoms with van der Waals surface area (Å²) in [5.74, 6) is 0.00310. The topological polar surface area (TPSA) is 81.6 Å². The number of nitrogens with one attached hydrogen (secondary N) is 2. The lowest BCUT2D eigenvalue weighted by Gasteiger charge is -2.03. The van der Waals surface area contributed by atoms with E-state index in [0.717, 1.165) is 5.56 Å². The number of nitriles is 1. The first-order valence-corrected chi connectivity index (χ1v) is 5.93. The van der Waals surface area contributed by atoms with Crippen molar-refractivity contribution in [1.82, 2.24) is 10.2 Å². The van der Waals surface area contributed by atoms with Crippen molar-refractivity contribution in [2.75, 3.05) is 5.32 Å². The van der Waals surface area contributed by atoms with Crippen LogP contribution in [-0.4, -0.2) is 16.1 Å². The molecule has 0 saturated heterocycles. The fraction of sp³-hybridized carbons (Fsp3) is 0.154. The van der Waals surface area contributed by atoms with Gasteiger partial charge in [0.05, 0.1) is 5.02 Å². The van der Waals surface area contributed by atoms with Crippen molar-refractivity contribution in [3.8, 4) is 17.3 Å². The molecule has 0 atom stereocenters. The number of nitrogens with zero attached hydrogens (tertiary/aromatic N) is 2. The van der Waals surface area contributed by atoms with Crippen molar-refractivity contribution in [3.63, 3.8) is 0 Å². The Morgan fingerprint density at radius 3 is 2.84 bits per heavy atom. The largest absolute Gasteiger partial charge is 0.310 e. The van der Waals surface area contributed by atoms with Gasteiger partial charge in [-0.2, -0.15) is 10.4 Å². The zero-order chi connectivity index (χ0) is 14.0. The first-order valence-electron chi connectivity index (χ1n) is 5.55. The quantitative estimate of drug-likeness (QED) is 0.883. The second-order valence-corrected chi connectivity index (χ2v) is 4.51. The molecular weight excluding hydrogens is 264 g/mol. The number of carbonyl (C=O) groups is 1. The van der Waals surface area contributed by atoms with Gasteiger partial charge in [-0.3, -0.25) is 9.89 Å². The lowest BCUT2D eigenvalue weighted by molar-refractivity contribution is -0.114. The molecule has 0 aliphatic carbocycles. The van der Waals surface area contributed by atoms with Crippen molar-refractivity contribution in [1.29, 1.82) is 5.26 Å². The molecule has 2 N–H and O–H groups in total. The molecule has 0 bridgehead atoms. The maximum absolute atomic E-state index is 11.0. The number of hydrogen-bond donors (Lipinski definition) is 2. The van der Waals surface area contributed by atoms with Crippen molar-refractivity contribution < 1.29 is 4.79 Å². The molecule has 5 nitrogen and oxygen atoms in total. The fourth-order valence-corrected chi connectivity index (χ4v) is 2.05. The number of aromatic amines is 1. The third-order valence-corrected chi connectivity index (χ3v) is 2.87. The Bertz CT molecular complexity index is 684. The number of aryl methyl sites for hydroxylation is 1. The lowest BCUT2D eigenvalue weighted by Crippen LogP contribution is -2.07. The molecule has 1 aromatic heterocycles. The fourth-order valence-electron chi connectivity index (χ4n) is 1.72. The van der Waals surface area contributed by atoms with E-state index in [2.05, 4.69) is 15.5 Å². The molecule has 19 heavy (non-hydrogen) atoms. The number of amides is 1. The summed E-state index contributed by atoms with van der Waals surface area (Å²) in [4.78, 5) is 11.0. The summed E-state index contributed by atoms with van der Waals surface area (Å²) in [6, 6.07) is 7.50. The number of anilines is 1.